The maximum atomic E-state index is 5.72. The molecule has 20 heavy (non-hydrogen) atoms. The number of benzene rings is 1. The molecular weight excluding hydrogens is 268 g/mol. The van der Waals surface area contributed by atoms with Crippen LogP contribution < -0.4 is 5.32 Å². The SMILES string of the molecule is CCC1CC(Nc2ccc(-c3nccs3)cc2)CCO1. The highest BCUT2D eigenvalue weighted by molar-refractivity contribution is 7.13. The summed E-state index contributed by atoms with van der Waals surface area (Å²) in [5.41, 5.74) is 2.37. The van der Waals surface area contributed by atoms with Crippen LogP contribution >= 0.6 is 11.3 Å². The molecular formula is C16H20N2OS. The van der Waals surface area contributed by atoms with Crippen molar-refractivity contribution in [1.29, 1.82) is 0 Å². The minimum atomic E-state index is 0.413. The summed E-state index contributed by atoms with van der Waals surface area (Å²) in [6, 6.07) is 9.09. The van der Waals surface area contributed by atoms with Crippen molar-refractivity contribution in [1.82, 2.24) is 4.98 Å². The molecule has 2 aromatic rings. The summed E-state index contributed by atoms with van der Waals surface area (Å²) in [5, 5.41) is 6.71. The van der Waals surface area contributed by atoms with E-state index >= 15 is 0 Å². The predicted octanol–water partition coefficient (Wildman–Crippen LogP) is 4.18. The molecule has 1 aliphatic rings. The number of nitrogens with one attached hydrogen (secondary N) is 1. The third-order valence-electron chi connectivity index (χ3n) is 3.76. The van der Waals surface area contributed by atoms with Gasteiger partial charge in [-0.05, 0) is 43.5 Å². The van der Waals surface area contributed by atoms with Crippen molar-refractivity contribution in [2.75, 3.05) is 11.9 Å². The smallest absolute Gasteiger partial charge is 0.123 e. The Morgan fingerprint density at radius 2 is 2.20 bits per heavy atom. The van der Waals surface area contributed by atoms with E-state index in [1.54, 1.807) is 11.3 Å². The van der Waals surface area contributed by atoms with Crippen molar-refractivity contribution in [3.8, 4) is 10.6 Å². The van der Waals surface area contributed by atoms with Gasteiger partial charge in [0.15, 0.2) is 0 Å². The second kappa shape index (κ2) is 6.37. The molecule has 0 aliphatic carbocycles. The lowest BCUT2D eigenvalue weighted by molar-refractivity contribution is 0.00926. The second-order valence-corrected chi connectivity index (χ2v) is 6.08. The van der Waals surface area contributed by atoms with Crippen LogP contribution in [0.5, 0.6) is 0 Å². The van der Waals surface area contributed by atoms with Gasteiger partial charge in [-0.3, -0.25) is 0 Å². The minimum Gasteiger partial charge on any atom is -0.382 e. The highest BCUT2D eigenvalue weighted by atomic mass is 32.1. The van der Waals surface area contributed by atoms with E-state index < -0.39 is 0 Å². The van der Waals surface area contributed by atoms with Gasteiger partial charge in [-0.15, -0.1) is 11.3 Å². The van der Waals surface area contributed by atoms with Gasteiger partial charge in [0.05, 0.1) is 6.10 Å². The summed E-state index contributed by atoms with van der Waals surface area (Å²) in [7, 11) is 0. The average molecular weight is 288 g/mol. The van der Waals surface area contributed by atoms with Crippen LogP contribution in [-0.2, 0) is 4.74 Å². The van der Waals surface area contributed by atoms with Gasteiger partial charge < -0.3 is 10.1 Å². The molecule has 4 heteroatoms. The number of thiazole rings is 1. The lowest BCUT2D eigenvalue weighted by Crippen LogP contribution is -2.33. The van der Waals surface area contributed by atoms with Crippen LogP contribution in [0.15, 0.2) is 35.8 Å². The van der Waals surface area contributed by atoms with E-state index in [0.717, 1.165) is 30.9 Å². The van der Waals surface area contributed by atoms with Crippen LogP contribution in [-0.4, -0.2) is 23.7 Å². The molecule has 1 aliphatic heterocycles. The van der Waals surface area contributed by atoms with Crippen LogP contribution in [0.2, 0.25) is 0 Å². The number of hydrogen-bond acceptors (Lipinski definition) is 4. The molecule has 2 atom stereocenters. The van der Waals surface area contributed by atoms with Gasteiger partial charge in [-0.1, -0.05) is 6.92 Å². The number of hydrogen-bond donors (Lipinski definition) is 1. The zero-order valence-corrected chi connectivity index (χ0v) is 12.5. The maximum absolute atomic E-state index is 5.72. The largest absolute Gasteiger partial charge is 0.382 e. The molecule has 1 aromatic heterocycles. The monoisotopic (exact) mass is 288 g/mol. The molecule has 1 aromatic carbocycles. The molecule has 0 saturated carbocycles. The van der Waals surface area contributed by atoms with E-state index in [9.17, 15) is 0 Å². The van der Waals surface area contributed by atoms with Crippen LogP contribution in [0.1, 0.15) is 26.2 Å². The van der Waals surface area contributed by atoms with Crippen LogP contribution in [0.25, 0.3) is 10.6 Å². The Labute approximate surface area is 124 Å². The maximum Gasteiger partial charge on any atom is 0.123 e. The van der Waals surface area contributed by atoms with E-state index in [4.69, 9.17) is 4.74 Å². The normalized spacial score (nSPS) is 22.6. The molecule has 0 amide bonds. The molecule has 2 unspecified atom stereocenters. The zero-order valence-electron chi connectivity index (χ0n) is 11.7. The van der Waals surface area contributed by atoms with Gasteiger partial charge in [0.2, 0.25) is 0 Å². The summed E-state index contributed by atoms with van der Waals surface area (Å²) >= 11 is 1.67. The summed E-state index contributed by atoms with van der Waals surface area (Å²) in [6.45, 7) is 3.06. The molecule has 106 valence electrons. The number of rotatable bonds is 4. The number of anilines is 1. The van der Waals surface area contributed by atoms with E-state index in [-0.39, 0.29) is 0 Å². The summed E-state index contributed by atoms with van der Waals surface area (Å²) in [4.78, 5) is 4.33. The van der Waals surface area contributed by atoms with Gasteiger partial charge >= 0.3 is 0 Å². The third kappa shape index (κ3) is 3.19. The topological polar surface area (TPSA) is 34.2 Å². The lowest BCUT2D eigenvalue weighted by atomic mass is 10.0. The fourth-order valence-electron chi connectivity index (χ4n) is 2.61. The third-order valence-corrected chi connectivity index (χ3v) is 4.58. The Kier molecular flexibility index (Phi) is 4.33. The molecule has 0 radical (unpaired) electrons. The molecule has 1 saturated heterocycles. The predicted molar refractivity (Wildman–Crippen MR) is 84.2 cm³/mol. The fraction of sp³-hybridized carbons (Fsp3) is 0.438. The molecule has 1 N–H and O–H groups in total. The van der Waals surface area contributed by atoms with E-state index in [1.165, 1.54) is 11.3 Å². The van der Waals surface area contributed by atoms with Gasteiger partial charge in [0.1, 0.15) is 5.01 Å². The Morgan fingerprint density at radius 1 is 1.35 bits per heavy atom. The molecule has 0 spiro atoms. The Morgan fingerprint density at radius 3 is 2.90 bits per heavy atom. The molecule has 3 nitrogen and oxygen atoms in total. The van der Waals surface area contributed by atoms with Crippen LogP contribution in [0.4, 0.5) is 5.69 Å². The summed E-state index contributed by atoms with van der Waals surface area (Å²) in [5.74, 6) is 0. The second-order valence-electron chi connectivity index (χ2n) is 5.18. The zero-order chi connectivity index (χ0) is 13.8. The van der Waals surface area contributed by atoms with Gasteiger partial charge in [0, 0.05) is 35.5 Å². The number of nitrogens with zero attached hydrogens (tertiary/aromatic N) is 1. The highest BCUT2D eigenvalue weighted by Crippen LogP contribution is 2.25. The molecule has 2 heterocycles. The summed E-state index contributed by atoms with van der Waals surface area (Å²) < 4.78 is 5.72. The van der Waals surface area contributed by atoms with E-state index in [2.05, 4.69) is 41.5 Å². The van der Waals surface area contributed by atoms with Crippen molar-refractivity contribution >= 4 is 17.0 Å². The molecule has 1 fully saturated rings. The highest BCUT2D eigenvalue weighted by Gasteiger charge is 2.20. The first kappa shape index (κ1) is 13.6. The Bertz CT molecular complexity index is 524. The molecule has 0 bridgehead atoms. The minimum absolute atomic E-state index is 0.413. The van der Waals surface area contributed by atoms with E-state index in [1.807, 2.05) is 11.6 Å². The van der Waals surface area contributed by atoms with Crippen LogP contribution in [0, 0.1) is 0 Å². The van der Waals surface area contributed by atoms with E-state index in [0.29, 0.717) is 12.1 Å². The quantitative estimate of drug-likeness (QED) is 0.916. The Hall–Kier alpha value is -1.39. The van der Waals surface area contributed by atoms with Gasteiger partial charge in [0.25, 0.3) is 0 Å². The number of aromatic nitrogens is 1. The van der Waals surface area contributed by atoms with Crippen molar-refractivity contribution in [3.63, 3.8) is 0 Å². The fourth-order valence-corrected chi connectivity index (χ4v) is 3.25. The summed E-state index contributed by atoms with van der Waals surface area (Å²) in [6.07, 6.45) is 5.55. The lowest BCUT2D eigenvalue weighted by Gasteiger charge is -2.30. The Balaban J connectivity index is 1.63. The standard InChI is InChI=1S/C16H20N2OS/c1-2-15-11-14(7-9-19-15)18-13-5-3-12(4-6-13)16-17-8-10-20-16/h3-6,8,10,14-15,18H,2,7,9,11H2,1H3. The van der Waals surface area contributed by atoms with Crippen molar-refractivity contribution in [2.45, 2.75) is 38.3 Å². The van der Waals surface area contributed by atoms with Gasteiger partial charge in [-0.2, -0.15) is 0 Å². The average Bonchev–Trinajstić information content (AvgIpc) is 3.02. The van der Waals surface area contributed by atoms with Crippen molar-refractivity contribution < 1.29 is 4.74 Å². The van der Waals surface area contributed by atoms with Gasteiger partial charge in [-0.25, -0.2) is 4.98 Å². The molecule has 3 rings (SSSR count). The van der Waals surface area contributed by atoms with Crippen LogP contribution in [0.3, 0.4) is 0 Å². The first-order valence-electron chi connectivity index (χ1n) is 7.23. The number of ether oxygens (including phenoxy) is 1. The first-order valence-corrected chi connectivity index (χ1v) is 8.11. The van der Waals surface area contributed by atoms with Crippen molar-refractivity contribution in [3.05, 3.63) is 35.8 Å². The van der Waals surface area contributed by atoms with Crippen molar-refractivity contribution in [2.24, 2.45) is 0 Å². The first-order chi connectivity index (χ1) is 9.85.